The molecule has 2 rings (SSSR count). The number of benzene rings is 1. The summed E-state index contributed by atoms with van der Waals surface area (Å²) in [5.74, 6) is -0.725. The van der Waals surface area contributed by atoms with Crippen LogP contribution in [0, 0.1) is 5.41 Å². The third-order valence-corrected chi connectivity index (χ3v) is 4.76. The van der Waals surface area contributed by atoms with Gasteiger partial charge in [0.05, 0.1) is 5.41 Å². The van der Waals surface area contributed by atoms with Crippen molar-refractivity contribution in [1.82, 2.24) is 4.90 Å². The van der Waals surface area contributed by atoms with Crippen molar-refractivity contribution in [3.63, 3.8) is 0 Å². The normalized spacial score (nSPS) is 25.4. The molecule has 1 aromatic carbocycles. The van der Waals surface area contributed by atoms with Gasteiger partial charge in [0, 0.05) is 22.6 Å². The molecular weight excluding hydrogens is 297 g/mol. The van der Waals surface area contributed by atoms with Gasteiger partial charge in [0.15, 0.2) is 0 Å². The molecule has 1 fully saturated rings. The fourth-order valence-corrected chi connectivity index (χ4v) is 3.39. The van der Waals surface area contributed by atoms with Gasteiger partial charge in [-0.25, -0.2) is 0 Å². The number of carbonyl (C=O) groups is 1. The van der Waals surface area contributed by atoms with Crippen LogP contribution in [-0.2, 0) is 4.79 Å². The van der Waals surface area contributed by atoms with E-state index in [4.69, 9.17) is 23.2 Å². The average Bonchev–Trinajstić information content (AvgIpc) is 2.38. The first kappa shape index (κ1) is 15.6. The van der Waals surface area contributed by atoms with E-state index in [0.29, 0.717) is 16.6 Å². The summed E-state index contributed by atoms with van der Waals surface area (Å²) in [5, 5.41) is 10.6. The molecule has 1 heterocycles. The molecule has 1 aliphatic rings. The molecule has 0 aliphatic carbocycles. The molecule has 0 radical (unpaired) electrons. The van der Waals surface area contributed by atoms with E-state index in [2.05, 4.69) is 11.8 Å². The van der Waals surface area contributed by atoms with Crippen molar-refractivity contribution in [3.05, 3.63) is 33.8 Å². The highest BCUT2D eigenvalue weighted by Crippen LogP contribution is 2.36. The van der Waals surface area contributed by atoms with Crippen LogP contribution in [0.2, 0.25) is 10.0 Å². The maximum Gasteiger partial charge on any atom is 0.310 e. The van der Waals surface area contributed by atoms with Gasteiger partial charge in [0.1, 0.15) is 0 Å². The molecule has 0 spiro atoms. The summed E-state index contributed by atoms with van der Waals surface area (Å²) < 4.78 is 0. The molecule has 1 N–H and O–H groups in total. The van der Waals surface area contributed by atoms with E-state index in [9.17, 15) is 9.90 Å². The minimum absolute atomic E-state index is 0.0822. The maximum absolute atomic E-state index is 11.4. The summed E-state index contributed by atoms with van der Waals surface area (Å²) >= 11 is 12.2. The number of hydrogen-bond acceptors (Lipinski definition) is 2. The Hall–Kier alpha value is -0.770. The van der Waals surface area contributed by atoms with Crippen molar-refractivity contribution in [3.8, 4) is 0 Å². The molecule has 0 amide bonds. The first-order chi connectivity index (χ1) is 9.33. The van der Waals surface area contributed by atoms with Crippen molar-refractivity contribution in [2.45, 2.75) is 32.7 Å². The molecule has 5 heteroatoms. The zero-order chi connectivity index (χ0) is 14.9. The molecule has 1 aliphatic heterocycles. The lowest BCUT2D eigenvalue weighted by atomic mass is 9.81. The highest BCUT2D eigenvalue weighted by Gasteiger charge is 2.39. The zero-order valence-corrected chi connectivity index (χ0v) is 13.2. The van der Waals surface area contributed by atoms with E-state index in [1.807, 2.05) is 19.1 Å². The Morgan fingerprint density at radius 2 is 2.15 bits per heavy atom. The first-order valence-corrected chi connectivity index (χ1v) is 7.51. The molecule has 0 bridgehead atoms. The minimum atomic E-state index is -0.725. The number of rotatable bonds is 3. The predicted molar refractivity (Wildman–Crippen MR) is 81.4 cm³/mol. The van der Waals surface area contributed by atoms with Crippen molar-refractivity contribution in [2.24, 2.45) is 5.41 Å². The van der Waals surface area contributed by atoms with Crippen molar-refractivity contribution >= 4 is 29.2 Å². The summed E-state index contributed by atoms with van der Waals surface area (Å²) in [4.78, 5) is 13.6. The number of piperidine rings is 1. The van der Waals surface area contributed by atoms with Crippen LogP contribution in [0.25, 0.3) is 0 Å². The number of hydrogen-bond donors (Lipinski definition) is 1. The summed E-state index contributed by atoms with van der Waals surface area (Å²) in [7, 11) is 0. The number of aliphatic carboxylic acids is 1. The Morgan fingerprint density at radius 3 is 2.75 bits per heavy atom. The fraction of sp³-hybridized carbons (Fsp3) is 0.533. The zero-order valence-electron chi connectivity index (χ0n) is 11.7. The molecular formula is C15H19Cl2NO2. The molecule has 2 unspecified atom stereocenters. The second-order valence-electron chi connectivity index (χ2n) is 5.78. The highest BCUT2D eigenvalue weighted by atomic mass is 35.5. The molecule has 3 nitrogen and oxygen atoms in total. The Balaban J connectivity index is 2.20. The molecule has 20 heavy (non-hydrogen) atoms. The smallest absolute Gasteiger partial charge is 0.310 e. The Kier molecular flexibility index (Phi) is 4.62. The van der Waals surface area contributed by atoms with Crippen molar-refractivity contribution in [1.29, 1.82) is 0 Å². The van der Waals surface area contributed by atoms with E-state index >= 15 is 0 Å². The summed E-state index contributed by atoms with van der Waals surface area (Å²) in [6.07, 6.45) is 1.61. The lowest BCUT2D eigenvalue weighted by Crippen LogP contribution is -2.46. The van der Waals surface area contributed by atoms with E-state index in [1.54, 1.807) is 6.07 Å². The van der Waals surface area contributed by atoms with Gasteiger partial charge < -0.3 is 5.11 Å². The van der Waals surface area contributed by atoms with Crippen LogP contribution >= 0.6 is 23.2 Å². The number of likely N-dealkylation sites (tertiary alicyclic amines) is 1. The number of carboxylic acids is 1. The Labute approximate surface area is 129 Å². The standard InChI is InChI=1S/C15H19Cl2NO2/c1-10(12-5-4-11(16)8-13(12)17)18-7-3-6-15(2,9-18)14(19)20/h4-5,8,10H,3,6-7,9H2,1-2H3,(H,19,20). The van der Waals surface area contributed by atoms with E-state index in [0.717, 1.165) is 24.9 Å². The van der Waals surface area contributed by atoms with Crippen LogP contribution in [0.1, 0.15) is 38.3 Å². The topological polar surface area (TPSA) is 40.5 Å². The van der Waals surface area contributed by atoms with E-state index in [1.165, 1.54) is 0 Å². The average molecular weight is 316 g/mol. The van der Waals surface area contributed by atoms with Crippen LogP contribution in [0.3, 0.4) is 0 Å². The highest BCUT2D eigenvalue weighted by molar-refractivity contribution is 6.35. The quantitative estimate of drug-likeness (QED) is 0.906. The number of halogens is 2. The second-order valence-corrected chi connectivity index (χ2v) is 6.63. The largest absolute Gasteiger partial charge is 0.481 e. The molecule has 110 valence electrons. The van der Waals surface area contributed by atoms with Crippen LogP contribution in [-0.4, -0.2) is 29.1 Å². The Bertz CT molecular complexity index is 521. The fourth-order valence-electron chi connectivity index (χ4n) is 2.82. The van der Waals surface area contributed by atoms with Crippen molar-refractivity contribution in [2.75, 3.05) is 13.1 Å². The van der Waals surface area contributed by atoms with Gasteiger partial charge >= 0.3 is 5.97 Å². The van der Waals surface area contributed by atoms with E-state index < -0.39 is 11.4 Å². The van der Waals surface area contributed by atoms with Gasteiger partial charge in [-0.1, -0.05) is 29.3 Å². The van der Waals surface area contributed by atoms with Gasteiger partial charge in [0.25, 0.3) is 0 Å². The first-order valence-electron chi connectivity index (χ1n) is 6.76. The van der Waals surface area contributed by atoms with Gasteiger partial charge in [-0.05, 0) is 50.9 Å². The SMILES string of the molecule is CC(c1ccc(Cl)cc1Cl)N1CCCC(C)(C(=O)O)C1. The molecule has 0 aromatic heterocycles. The van der Waals surface area contributed by atoms with Crippen LogP contribution < -0.4 is 0 Å². The predicted octanol–water partition coefficient (Wildman–Crippen LogP) is 4.24. The summed E-state index contributed by atoms with van der Waals surface area (Å²) in [6.45, 7) is 5.31. The molecule has 1 saturated heterocycles. The minimum Gasteiger partial charge on any atom is -0.481 e. The second kappa shape index (κ2) is 5.92. The van der Waals surface area contributed by atoms with Crippen LogP contribution in [0.4, 0.5) is 0 Å². The summed E-state index contributed by atoms with van der Waals surface area (Å²) in [5.41, 5.74) is 0.316. The lowest BCUT2D eigenvalue weighted by molar-refractivity contribution is -0.151. The number of carboxylic acid groups (broad SMARTS) is 1. The Morgan fingerprint density at radius 1 is 1.45 bits per heavy atom. The molecule has 0 saturated carbocycles. The van der Waals surface area contributed by atoms with Gasteiger partial charge in [-0.2, -0.15) is 0 Å². The summed E-state index contributed by atoms with van der Waals surface area (Å²) in [6, 6.07) is 5.55. The maximum atomic E-state index is 11.4. The van der Waals surface area contributed by atoms with E-state index in [-0.39, 0.29) is 6.04 Å². The van der Waals surface area contributed by atoms with Crippen LogP contribution in [0.5, 0.6) is 0 Å². The third-order valence-electron chi connectivity index (χ3n) is 4.20. The molecule has 2 atom stereocenters. The third kappa shape index (κ3) is 3.11. The van der Waals surface area contributed by atoms with Gasteiger partial charge in [0.2, 0.25) is 0 Å². The van der Waals surface area contributed by atoms with Crippen molar-refractivity contribution < 1.29 is 9.90 Å². The molecule has 1 aromatic rings. The van der Waals surface area contributed by atoms with Gasteiger partial charge in [-0.15, -0.1) is 0 Å². The number of nitrogens with zero attached hydrogens (tertiary/aromatic N) is 1. The monoisotopic (exact) mass is 315 g/mol. The van der Waals surface area contributed by atoms with Crippen LogP contribution in [0.15, 0.2) is 18.2 Å². The lowest BCUT2D eigenvalue weighted by Gasteiger charge is -2.41. The van der Waals surface area contributed by atoms with Gasteiger partial charge in [-0.3, -0.25) is 9.69 Å².